The zero-order valence-electron chi connectivity index (χ0n) is 26.0. The molecule has 0 spiro atoms. The highest BCUT2D eigenvalue weighted by Crippen LogP contribution is 2.40. The predicted octanol–water partition coefficient (Wildman–Crippen LogP) is 1.06. The van der Waals surface area contributed by atoms with E-state index < -0.39 is 103 Å². The van der Waals surface area contributed by atoms with Crippen LogP contribution in [-0.2, 0) is 57.1 Å². The number of carbonyl (C=O) groups excluding carboxylic acids is 4. The highest BCUT2D eigenvalue weighted by molar-refractivity contribution is 5.88. The number of halogens is 3. The molecule has 0 bridgehead atoms. The SMILES string of the molecule is COC(=O)C(=CC[C@@H](O)[C@H]1O[C@@H](OC)[C@H]2OC(C)(C)O[C@H]21)CC1OC(COC(C)=O)C(C)[C@H](OC(C)=O)[C@H]1NC(=O)C(F)(F)F. The number of carbonyl (C=O) groups is 4. The Morgan fingerprint density at radius 3 is 2.22 bits per heavy atom. The second-order valence-electron chi connectivity index (χ2n) is 11.4. The molecular formula is C28H40F3NO13. The molecular weight excluding hydrogens is 615 g/mol. The molecule has 256 valence electrons. The van der Waals surface area contributed by atoms with Gasteiger partial charge in [0.25, 0.3) is 0 Å². The minimum Gasteiger partial charge on any atom is -0.466 e. The fraction of sp³-hybridized carbons (Fsp3) is 0.786. The topological polar surface area (TPSA) is 174 Å². The third-order valence-corrected chi connectivity index (χ3v) is 7.65. The van der Waals surface area contributed by atoms with Gasteiger partial charge in [0.2, 0.25) is 0 Å². The Hall–Kier alpha value is -2.83. The zero-order chi connectivity index (χ0) is 33.9. The number of amides is 1. The maximum Gasteiger partial charge on any atom is 0.471 e. The van der Waals surface area contributed by atoms with Crippen LogP contribution in [0.3, 0.4) is 0 Å². The lowest BCUT2D eigenvalue weighted by atomic mass is 9.83. The molecule has 0 aromatic carbocycles. The van der Waals surface area contributed by atoms with E-state index in [9.17, 15) is 37.5 Å². The predicted molar refractivity (Wildman–Crippen MR) is 143 cm³/mol. The molecule has 10 atom stereocenters. The van der Waals surface area contributed by atoms with Gasteiger partial charge in [0, 0.05) is 38.9 Å². The molecule has 1 amide bonds. The Morgan fingerprint density at radius 2 is 1.67 bits per heavy atom. The highest BCUT2D eigenvalue weighted by atomic mass is 19.4. The van der Waals surface area contributed by atoms with Gasteiger partial charge in [-0.25, -0.2) is 4.79 Å². The number of nitrogens with one attached hydrogen (secondary N) is 1. The molecule has 3 rings (SSSR count). The normalized spacial score (nSPS) is 33.6. The molecule has 3 fully saturated rings. The second-order valence-corrected chi connectivity index (χ2v) is 11.4. The van der Waals surface area contributed by atoms with Gasteiger partial charge in [0.1, 0.15) is 31.0 Å². The van der Waals surface area contributed by atoms with Crippen molar-refractivity contribution in [1.82, 2.24) is 5.32 Å². The van der Waals surface area contributed by atoms with Crippen molar-refractivity contribution in [1.29, 1.82) is 0 Å². The lowest BCUT2D eigenvalue weighted by Gasteiger charge is -2.45. The minimum absolute atomic E-state index is 0.142. The van der Waals surface area contributed by atoms with Crippen LogP contribution in [0.2, 0.25) is 0 Å². The van der Waals surface area contributed by atoms with Gasteiger partial charge in [0.05, 0.1) is 31.5 Å². The van der Waals surface area contributed by atoms with Crippen LogP contribution in [0.1, 0.15) is 47.5 Å². The van der Waals surface area contributed by atoms with Gasteiger partial charge >= 0.3 is 30.0 Å². The lowest BCUT2D eigenvalue weighted by Crippen LogP contribution is -2.63. The average molecular weight is 656 g/mol. The van der Waals surface area contributed by atoms with Gasteiger partial charge in [0.15, 0.2) is 12.1 Å². The van der Waals surface area contributed by atoms with Crippen LogP contribution in [0.25, 0.3) is 0 Å². The maximum atomic E-state index is 13.3. The van der Waals surface area contributed by atoms with Crippen LogP contribution >= 0.6 is 0 Å². The first-order chi connectivity index (χ1) is 20.9. The van der Waals surface area contributed by atoms with Gasteiger partial charge in [-0.1, -0.05) is 13.0 Å². The Morgan fingerprint density at radius 1 is 1.02 bits per heavy atom. The molecule has 3 heterocycles. The fourth-order valence-electron chi connectivity index (χ4n) is 5.62. The summed E-state index contributed by atoms with van der Waals surface area (Å²) in [5, 5.41) is 12.9. The quantitative estimate of drug-likeness (QED) is 0.184. The van der Waals surface area contributed by atoms with Gasteiger partial charge in [-0.05, 0) is 20.3 Å². The number of methoxy groups -OCH3 is 2. The summed E-state index contributed by atoms with van der Waals surface area (Å²) in [7, 11) is 2.47. The van der Waals surface area contributed by atoms with Crippen LogP contribution in [0.4, 0.5) is 13.2 Å². The number of hydrogen-bond donors (Lipinski definition) is 2. The smallest absolute Gasteiger partial charge is 0.466 e. The molecule has 0 aromatic heterocycles. The highest BCUT2D eigenvalue weighted by Gasteiger charge is 2.57. The van der Waals surface area contributed by atoms with Gasteiger partial charge in [-0.15, -0.1) is 0 Å². The molecule has 14 nitrogen and oxygen atoms in total. The summed E-state index contributed by atoms with van der Waals surface area (Å²) in [4.78, 5) is 48.4. The molecule has 0 radical (unpaired) electrons. The van der Waals surface area contributed by atoms with Crippen LogP contribution in [0, 0.1) is 5.92 Å². The first kappa shape index (κ1) is 36.6. The molecule has 2 N–H and O–H groups in total. The third kappa shape index (κ3) is 9.13. The van der Waals surface area contributed by atoms with Crippen LogP contribution < -0.4 is 5.32 Å². The van der Waals surface area contributed by atoms with E-state index in [1.54, 1.807) is 13.8 Å². The second kappa shape index (κ2) is 14.7. The Kier molecular flexibility index (Phi) is 12.0. The Labute approximate surface area is 257 Å². The molecule has 3 saturated heterocycles. The van der Waals surface area contributed by atoms with E-state index in [4.69, 9.17) is 37.9 Å². The molecule has 3 unspecified atom stereocenters. The number of aliphatic hydroxyl groups excluding tert-OH is 1. The number of esters is 3. The van der Waals surface area contributed by atoms with Gasteiger partial charge < -0.3 is 48.3 Å². The van der Waals surface area contributed by atoms with Crippen molar-refractivity contribution in [3.8, 4) is 0 Å². The Bertz CT molecular complexity index is 1130. The summed E-state index contributed by atoms with van der Waals surface area (Å²) >= 11 is 0. The number of fused-ring (bicyclic) bond motifs is 1. The third-order valence-electron chi connectivity index (χ3n) is 7.65. The van der Waals surface area contributed by atoms with Crippen molar-refractivity contribution in [3.63, 3.8) is 0 Å². The summed E-state index contributed by atoms with van der Waals surface area (Å²) in [5.41, 5.74) is -0.142. The summed E-state index contributed by atoms with van der Waals surface area (Å²) in [6.07, 6.45) is -12.9. The summed E-state index contributed by atoms with van der Waals surface area (Å²) < 4.78 is 84.0. The van der Waals surface area contributed by atoms with Crippen molar-refractivity contribution in [3.05, 3.63) is 11.6 Å². The molecule has 0 aromatic rings. The van der Waals surface area contributed by atoms with E-state index in [0.29, 0.717) is 0 Å². The van der Waals surface area contributed by atoms with Gasteiger partial charge in [-0.2, -0.15) is 13.2 Å². The van der Waals surface area contributed by atoms with Crippen molar-refractivity contribution >= 4 is 23.8 Å². The maximum absolute atomic E-state index is 13.3. The minimum atomic E-state index is -5.30. The summed E-state index contributed by atoms with van der Waals surface area (Å²) in [6.45, 7) is 6.67. The van der Waals surface area contributed by atoms with Gasteiger partial charge in [-0.3, -0.25) is 14.4 Å². The molecule has 0 aliphatic carbocycles. The summed E-state index contributed by atoms with van der Waals surface area (Å²) in [6, 6.07) is -1.60. The summed E-state index contributed by atoms with van der Waals surface area (Å²) in [5.74, 6) is -6.61. The van der Waals surface area contributed by atoms with Crippen molar-refractivity contribution in [2.75, 3.05) is 20.8 Å². The van der Waals surface area contributed by atoms with E-state index in [1.807, 2.05) is 5.32 Å². The standard InChI is InChI=1S/C28H40F3NO13/c1-12-18(11-40-13(2)33)42-17(19(20(12)41-14(3)34)32-26(37)28(29,30)31)10-15(24(36)38-6)8-9-16(35)21-22-23(25(39-7)43-21)45-27(4,5)44-22/h8,12,16-23,25,35H,9-11H2,1-7H3,(H,32,37)/t12?,16-,17?,18?,19+,20+,21-,22+,23+,25-/m1/s1. The first-order valence-electron chi connectivity index (χ1n) is 14.2. The van der Waals surface area contributed by atoms with E-state index in [1.165, 1.54) is 20.1 Å². The monoisotopic (exact) mass is 655 g/mol. The molecule has 3 aliphatic heterocycles. The lowest BCUT2D eigenvalue weighted by molar-refractivity contribution is -0.236. The molecule has 3 aliphatic rings. The average Bonchev–Trinajstić information content (AvgIpc) is 3.44. The largest absolute Gasteiger partial charge is 0.471 e. The van der Waals surface area contributed by atoms with E-state index in [0.717, 1.165) is 21.0 Å². The number of aliphatic hydroxyl groups is 1. The first-order valence-corrected chi connectivity index (χ1v) is 14.2. The van der Waals surface area contributed by atoms with E-state index in [-0.39, 0.29) is 18.6 Å². The number of hydrogen-bond acceptors (Lipinski definition) is 13. The number of rotatable bonds is 11. The molecule has 0 saturated carbocycles. The fourth-order valence-corrected chi connectivity index (χ4v) is 5.62. The van der Waals surface area contributed by atoms with Crippen molar-refractivity contribution in [2.24, 2.45) is 5.92 Å². The Balaban J connectivity index is 1.91. The number of alkyl halides is 3. The van der Waals surface area contributed by atoms with Crippen LogP contribution in [0.5, 0.6) is 0 Å². The molecule has 17 heteroatoms. The van der Waals surface area contributed by atoms with Crippen molar-refractivity contribution < 1.29 is 75.4 Å². The van der Waals surface area contributed by atoms with E-state index in [2.05, 4.69) is 0 Å². The van der Waals surface area contributed by atoms with E-state index >= 15 is 0 Å². The van der Waals surface area contributed by atoms with Crippen LogP contribution in [-0.4, -0.2) is 117 Å². The molecule has 45 heavy (non-hydrogen) atoms. The van der Waals surface area contributed by atoms with Crippen LogP contribution in [0.15, 0.2) is 11.6 Å². The zero-order valence-corrected chi connectivity index (χ0v) is 26.0. The number of ether oxygens (including phenoxy) is 8. The van der Waals surface area contributed by atoms with Crippen molar-refractivity contribution in [2.45, 2.75) is 114 Å².